The van der Waals surface area contributed by atoms with Crippen molar-refractivity contribution in [3.05, 3.63) is 18.2 Å². The lowest BCUT2D eigenvalue weighted by molar-refractivity contribution is -0.142. The first-order valence-electron chi connectivity index (χ1n) is 7.28. The van der Waals surface area contributed by atoms with Crippen LogP contribution in [-0.2, 0) is 25.5 Å². The molecule has 2 heterocycles. The van der Waals surface area contributed by atoms with Crippen molar-refractivity contribution in [1.29, 1.82) is 0 Å². The number of methoxy groups -OCH3 is 1. The number of aromatic nitrogens is 2. The van der Waals surface area contributed by atoms with Crippen LogP contribution in [-0.4, -0.2) is 70.6 Å². The number of amides is 2. The van der Waals surface area contributed by atoms with E-state index >= 15 is 0 Å². The zero-order valence-corrected chi connectivity index (χ0v) is 12.8. The number of carboxylic acids is 1. The highest BCUT2D eigenvalue weighted by molar-refractivity contribution is 5.91. The fraction of sp³-hybridized carbons (Fsp3) is 0.571. The second-order valence-corrected chi connectivity index (χ2v) is 5.41. The van der Waals surface area contributed by atoms with Crippen molar-refractivity contribution < 1.29 is 24.2 Å². The van der Waals surface area contributed by atoms with Gasteiger partial charge in [-0.1, -0.05) is 0 Å². The molecule has 9 heteroatoms. The number of likely N-dealkylation sites (tertiary alicyclic amines) is 1. The van der Waals surface area contributed by atoms with E-state index in [0.29, 0.717) is 18.8 Å². The summed E-state index contributed by atoms with van der Waals surface area (Å²) >= 11 is 0. The number of carbonyl (C=O) groups excluding carboxylic acids is 2. The fourth-order valence-electron chi connectivity index (χ4n) is 2.47. The minimum Gasteiger partial charge on any atom is -0.480 e. The van der Waals surface area contributed by atoms with Crippen LogP contribution < -0.4 is 5.32 Å². The van der Waals surface area contributed by atoms with E-state index in [2.05, 4.69) is 15.3 Å². The number of carbonyl (C=O) groups is 3. The minimum atomic E-state index is -1.13. The van der Waals surface area contributed by atoms with Crippen molar-refractivity contribution in [3.63, 3.8) is 0 Å². The molecule has 23 heavy (non-hydrogen) atoms. The number of H-pyrrole nitrogens is 1. The molecular weight excluding hydrogens is 304 g/mol. The van der Waals surface area contributed by atoms with Crippen molar-refractivity contribution >= 4 is 17.8 Å². The Labute approximate surface area is 133 Å². The highest BCUT2D eigenvalue weighted by atomic mass is 16.5. The number of aliphatic carboxylic acids is 1. The molecule has 1 aromatic rings. The molecule has 1 aliphatic rings. The molecule has 0 saturated carbocycles. The molecule has 1 aromatic heterocycles. The summed E-state index contributed by atoms with van der Waals surface area (Å²) in [5.41, 5.74) is 0.613. The van der Waals surface area contributed by atoms with E-state index < -0.39 is 23.8 Å². The van der Waals surface area contributed by atoms with Crippen molar-refractivity contribution in [3.8, 4) is 0 Å². The smallest absolute Gasteiger partial charge is 0.326 e. The van der Waals surface area contributed by atoms with Gasteiger partial charge in [0.05, 0.1) is 18.9 Å². The molecule has 2 atom stereocenters. The summed E-state index contributed by atoms with van der Waals surface area (Å²) < 4.78 is 4.92. The number of rotatable bonds is 8. The van der Waals surface area contributed by atoms with E-state index in [-0.39, 0.29) is 25.3 Å². The number of nitrogens with zero attached hydrogens (tertiary/aromatic N) is 2. The van der Waals surface area contributed by atoms with E-state index in [1.165, 1.54) is 19.6 Å². The Kier molecular flexibility index (Phi) is 5.69. The Hall–Kier alpha value is -2.42. The van der Waals surface area contributed by atoms with Crippen LogP contribution in [0.5, 0.6) is 0 Å². The second-order valence-electron chi connectivity index (χ2n) is 5.41. The summed E-state index contributed by atoms with van der Waals surface area (Å²) in [7, 11) is 1.54. The third-order valence-corrected chi connectivity index (χ3v) is 3.74. The molecule has 0 spiro atoms. The van der Waals surface area contributed by atoms with Gasteiger partial charge in [-0.3, -0.25) is 9.59 Å². The van der Waals surface area contributed by atoms with Crippen LogP contribution in [0.4, 0.5) is 0 Å². The van der Waals surface area contributed by atoms with E-state index in [4.69, 9.17) is 4.74 Å². The van der Waals surface area contributed by atoms with Crippen molar-refractivity contribution in [2.45, 2.75) is 18.9 Å². The summed E-state index contributed by atoms with van der Waals surface area (Å²) in [6, 6.07) is -1.06. The average Bonchev–Trinajstić information content (AvgIpc) is 3.14. The lowest BCUT2D eigenvalue weighted by Gasteiger charge is -2.18. The molecule has 0 bridgehead atoms. The maximum absolute atomic E-state index is 12.2. The first-order valence-corrected chi connectivity index (χ1v) is 7.28. The van der Waals surface area contributed by atoms with Gasteiger partial charge in [-0.25, -0.2) is 9.78 Å². The zero-order valence-electron chi connectivity index (χ0n) is 12.8. The Morgan fingerprint density at radius 1 is 1.61 bits per heavy atom. The molecule has 0 radical (unpaired) electrons. The molecular formula is C14H20N4O5. The highest BCUT2D eigenvalue weighted by Gasteiger charge is 2.35. The van der Waals surface area contributed by atoms with Gasteiger partial charge in [-0.05, 0) is 0 Å². The van der Waals surface area contributed by atoms with Gasteiger partial charge in [0, 0.05) is 44.9 Å². The number of nitrogens with one attached hydrogen (secondary N) is 2. The maximum Gasteiger partial charge on any atom is 0.326 e. The summed E-state index contributed by atoms with van der Waals surface area (Å²) in [6.07, 6.45) is 3.15. The van der Waals surface area contributed by atoms with Crippen LogP contribution in [0.1, 0.15) is 12.1 Å². The quantitative estimate of drug-likeness (QED) is 0.564. The first kappa shape index (κ1) is 16.9. The zero-order chi connectivity index (χ0) is 16.8. The average molecular weight is 324 g/mol. The number of aromatic amines is 1. The monoisotopic (exact) mass is 324 g/mol. The van der Waals surface area contributed by atoms with E-state index in [9.17, 15) is 19.5 Å². The van der Waals surface area contributed by atoms with Gasteiger partial charge in [-0.2, -0.15) is 0 Å². The van der Waals surface area contributed by atoms with Crippen LogP contribution in [0.15, 0.2) is 12.5 Å². The number of hydrogen-bond donors (Lipinski definition) is 3. The maximum atomic E-state index is 12.2. The fourth-order valence-corrected chi connectivity index (χ4v) is 2.47. The van der Waals surface area contributed by atoms with Crippen LogP contribution >= 0.6 is 0 Å². The third-order valence-electron chi connectivity index (χ3n) is 3.74. The predicted octanol–water partition coefficient (Wildman–Crippen LogP) is -0.983. The molecule has 2 rings (SSSR count). The standard InChI is InChI=1S/C14H20N4O5/c1-23-3-2-18-7-9(4-12(18)19)13(20)17-11(14(21)22)5-10-6-15-8-16-10/h6,8-9,11H,2-5,7H2,1H3,(H,15,16)(H,17,20)(H,21,22). The van der Waals surface area contributed by atoms with Gasteiger partial charge in [0.25, 0.3) is 0 Å². The SMILES string of the molecule is COCCN1CC(C(=O)NC(Cc2cnc[nH]2)C(=O)O)CC1=O. The molecule has 2 unspecified atom stereocenters. The predicted molar refractivity (Wildman–Crippen MR) is 78.4 cm³/mol. The first-order chi connectivity index (χ1) is 11.0. The van der Waals surface area contributed by atoms with E-state index in [0.717, 1.165) is 0 Å². The van der Waals surface area contributed by atoms with E-state index in [1.807, 2.05) is 0 Å². The molecule has 1 saturated heterocycles. The molecule has 2 amide bonds. The van der Waals surface area contributed by atoms with Crippen LogP contribution in [0.25, 0.3) is 0 Å². The van der Waals surface area contributed by atoms with Gasteiger partial charge >= 0.3 is 5.97 Å². The van der Waals surface area contributed by atoms with Gasteiger partial charge in [0.1, 0.15) is 6.04 Å². The van der Waals surface area contributed by atoms with Crippen LogP contribution in [0, 0.1) is 5.92 Å². The lowest BCUT2D eigenvalue weighted by atomic mass is 10.1. The number of ether oxygens (including phenoxy) is 1. The van der Waals surface area contributed by atoms with Crippen molar-refractivity contribution in [2.75, 3.05) is 26.8 Å². The summed E-state index contributed by atoms with van der Waals surface area (Å²) in [6.45, 7) is 1.11. The molecule has 3 N–H and O–H groups in total. The molecule has 1 fully saturated rings. The molecule has 1 aliphatic heterocycles. The topological polar surface area (TPSA) is 125 Å². The molecule has 0 aromatic carbocycles. The van der Waals surface area contributed by atoms with Crippen LogP contribution in [0.3, 0.4) is 0 Å². The summed E-state index contributed by atoms with van der Waals surface area (Å²) in [5.74, 6) is -2.22. The van der Waals surface area contributed by atoms with Crippen molar-refractivity contribution in [2.24, 2.45) is 5.92 Å². The largest absolute Gasteiger partial charge is 0.480 e. The molecule has 9 nitrogen and oxygen atoms in total. The Balaban J connectivity index is 1.91. The minimum absolute atomic E-state index is 0.0892. The van der Waals surface area contributed by atoms with Crippen molar-refractivity contribution in [1.82, 2.24) is 20.2 Å². The molecule has 126 valence electrons. The van der Waals surface area contributed by atoms with Gasteiger partial charge in [-0.15, -0.1) is 0 Å². The van der Waals surface area contributed by atoms with Gasteiger partial charge in [0.2, 0.25) is 11.8 Å². The summed E-state index contributed by atoms with van der Waals surface area (Å²) in [4.78, 5) is 43.5. The number of carboxylic acid groups (broad SMARTS) is 1. The lowest BCUT2D eigenvalue weighted by Crippen LogP contribution is -2.45. The van der Waals surface area contributed by atoms with Gasteiger partial charge < -0.3 is 25.0 Å². The third kappa shape index (κ3) is 4.52. The van der Waals surface area contributed by atoms with E-state index in [1.54, 1.807) is 4.90 Å². The Bertz CT molecular complexity index is 560. The second kappa shape index (κ2) is 7.73. The van der Waals surface area contributed by atoms with Crippen LogP contribution in [0.2, 0.25) is 0 Å². The van der Waals surface area contributed by atoms with Gasteiger partial charge in [0.15, 0.2) is 0 Å². The number of imidazole rings is 1. The highest BCUT2D eigenvalue weighted by Crippen LogP contribution is 2.18. The Morgan fingerprint density at radius 3 is 3.00 bits per heavy atom. The molecule has 0 aliphatic carbocycles. The number of hydrogen-bond acceptors (Lipinski definition) is 5. The normalized spacial score (nSPS) is 18.9. The summed E-state index contributed by atoms with van der Waals surface area (Å²) in [5, 5.41) is 11.7. The Morgan fingerprint density at radius 2 is 2.39 bits per heavy atom.